The molecule has 7 aromatic carbocycles. The molecule has 0 amide bonds. The average Bonchev–Trinajstić information content (AvgIpc) is 3.11. The summed E-state index contributed by atoms with van der Waals surface area (Å²) in [5, 5.41) is 21.4. The first-order valence-corrected chi connectivity index (χ1v) is 15.2. The van der Waals surface area contributed by atoms with Crippen LogP contribution in [0.5, 0.6) is 0 Å². The summed E-state index contributed by atoms with van der Waals surface area (Å²) in [6.45, 7) is 0.696. The molecule has 0 aliphatic rings. The van der Waals surface area contributed by atoms with Crippen molar-refractivity contribution in [2.75, 3.05) is 4.90 Å². The van der Waals surface area contributed by atoms with Crippen LogP contribution in [0.1, 0.15) is 5.56 Å². The van der Waals surface area contributed by atoms with E-state index in [1.807, 2.05) is 18.2 Å². The van der Waals surface area contributed by atoms with Crippen molar-refractivity contribution in [2.24, 2.45) is 0 Å². The zero-order valence-corrected chi connectivity index (χ0v) is 24.8. The first-order chi connectivity index (χ1) is 22.1. The highest BCUT2D eigenvalue weighted by Crippen LogP contribution is 2.35. The van der Waals surface area contributed by atoms with Crippen molar-refractivity contribution in [1.82, 2.24) is 0 Å². The molecule has 0 atom stereocenters. The molecule has 216 valence electrons. The van der Waals surface area contributed by atoms with Crippen LogP contribution in [0.15, 0.2) is 170 Å². The highest BCUT2D eigenvalue weighted by Gasteiger charge is 2.15. The van der Waals surface area contributed by atoms with Gasteiger partial charge in [-0.3, -0.25) is 0 Å². The highest BCUT2D eigenvalue weighted by atomic mass is 16.4. The monoisotopic (exact) mass is 581 g/mol. The number of fused-ring (bicyclic) bond motifs is 1. The summed E-state index contributed by atoms with van der Waals surface area (Å²) in [6.07, 6.45) is 0. The largest absolute Gasteiger partial charge is 0.488 e. The molecule has 0 aliphatic heterocycles. The molecule has 45 heavy (non-hydrogen) atoms. The summed E-state index contributed by atoms with van der Waals surface area (Å²) in [6, 6.07) is 59.0. The number of nitrogens with zero attached hydrogens (tertiary/aromatic N) is 1. The number of hydrogen-bond donors (Lipinski definition) is 2. The summed E-state index contributed by atoms with van der Waals surface area (Å²) >= 11 is 0. The van der Waals surface area contributed by atoms with E-state index in [-0.39, 0.29) is 0 Å². The predicted octanol–water partition coefficient (Wildman–Crippen LogP) is 8.86. The van der Waals surface area contributed by atoms with Crippen molar-refractivity contribution < 1.29 is 10.0 Å². The van der Waals surface area contributed by atoms with E-state index in [1.165, 1.54) is 38.6 Å². The van der Waals surface area contributed by atoms with Crippen LogP contribution in [0.3, 0.4) is 0 Å². The van der Waals surface area contributed by atoms with Crippen molar-refractivity contribution >= 4 is 34.7 Å². The summed E-state index contributed by atoms with van der Waals surface area (Å²) in [5.41, 5.74) is 10.9. The molecular formula is C41H32BNO2. The van der Waals surface area contributed by atoms with E-state index >= 15 is 0 Å². The molecule has 0 heterocycles. The number of anilines is 2. The van der Waals surface area contributed by atoms with E-state index < -0.39 is 7.12 Å². The Morgan fingerprint density at radius 2 is 0.933 bits per heavy atom. The first-order valence-electron chi connectivity index (χ1n) is 15.2. The Morgan fingerprint density at radius 3 is 1.62 bits per heavy atom. The van der Waals surface area contributed by atoms with Gasteiger partial charge in [-0.25, -0.2) is 0 Å². The maximum absolute atomic E-state index is 9.49. The van der Waals surface area contributed by atoms with E-state index in [1.54, 1.807) is 12.1 Å². The third-order valence-electron chi connectivity index (χ3n) is 8.39. The zero-order chi connectivity index (χ0) is 30.6. The Morgan fingerprint density at radius 1 is 0.422 bits per heavy atom. The van der Waals surface area contributed by atoms with Crippen LogP contribution in [-0.2, 0) is 6.54 Å². The van der Waals surface area contributed by atoms with Crippen molar-refractivity contribution in [2.45, 2.75) is 6.54 Å². The predicted molar refractivity (Wildman–Crippen MR) is 189 cm³/mol. The van der Waals surface area contributed by atoms with Gasteiger partial charge in [-0.15, -0.1) is 0 Å². The van der Waals surface area contributed by atoms with Gasteiger partial charge < -0.3 is 14.9 Å². The fourth-order valence-corrected chi connectivity index (χ4v) is 5.95. The van der Waals surface area contributed by atoms with Crippen LogP contribution in [0.2, 0.25) is 0 Å². The summed E-state index contributed by atoms with van der Waals surface area (Å²) in [5.74, 6) is 0. The second-order valence-electron chi connectivity index (χ2n) is 11.3. The molecule has 0 bridgehead atoms. The Balaban J connectivity index is 1.28. The molecule has 0 aromatic heterocycles. The number of rotatable bonds is 8. The van der Waals surface area contributed by atoms with Crippen molar-refractivity contribution in [3.05, 3.63) is 175 Å². The van der Waals surface area contributed by atoms with E-state index in [2.05, 4.69) is 144 Å². The van der Waals surface area contributed by atoms with E-state index in [9.17, 15) is 10.0 Å². The Hall–Kier alpha value is -5.42. The smallest absolute Gasteiger partial charge is 0.423 e. The lowest BCUT2D eigenvalue weighted by atomic mass is 9.80. The van der Waals surface area contributed by atoms with Crippen LogP contribution < -0.4 is 10.4 Å². The second-order valence-corrected chi connectivity index (χ2v) is 11.3. The van der Waals surface area contributed by atoms with Gasteiger partial charge in [0.15, 0.2) is 0 Å². The van der Waals surface area contributed by atoms with Gasteiger partial charge in [0, 0.05) is 17.9 Å². The fourth-order valence-electron chi connectivity index (χ4n) is 5.95. The summed E-state index contributed by atoms with van der Waals surface area (Å²) in [7, 11) is -1.47. The fraction of sp³-hybridized carbons (Fsp3) is 0.0244. The van der Waals surface area contributed by atoms with Crippen molar-refractivity contribution in [3.63, 3.8) is 0 Å². The third-order valence-corrected chi connectivity index (χ3v) is 8.39. The summed E-state index contributed by atoms with van der Waals surface area (Å²) < 4.78 is 0. The molecule has 7 rings (SSSR count). The van der Waals surface area contributed by atoms with Gasteiger partial charge in [0.2, 0.25) is 0 Å². The minimum Gasteiger partial charge on any atom is -0.423 e. The first kappa shape index (κ1) is 28.4. The number of hydrogen-bond acceptors (Lipinski definition) is 3. The van der Waals surface area contributed by atoms with Gasteiger partial charge >= 0.3 is 7.12 Å². The zero-order valence-electron chi connectivity index (χ0n) is 24.8. The van der Waals surface area contributed by atoms with Gasteiger partial charge in [0.25, 0.3) is 0 Å². The summed E-state index contributed by atoms with van der Waals surface area (Å²) in [4.78, 5) is 2.38. The Labute approximate surface area is 264 Å². The molecule has 0 radical (unpaired) electrons. The van der Waals surface area contributed by atoms with Gasteiger partial charge in [-0.05, 0) is 85.5 Å². The van der Waals surface area contributed by atoms with Crippen LogP contribution in [0.4, 0.5) is 11.4 Å². The molecule has 4 heteroatoms. The van der Waals surface area contributed by atoms with Gasteiger partial charge in [0.05, 0.1) is 0 Å². The molecule has 0 saturated heterocycles. The second kappa shape index (κ2) is 12.7. The highest BCUT2D eigenvalue weighted by molar-refractivity contribution is 6.58. The molecule has 0 saturated carbocycles. The average molecular weight is 582 g/mol. The van der Waals surface area contributed by atoms with Crippen molar-refractivity contribution in [1.29, 1.82) is 0 Å². The lowest BCUT2D eigenvalue weighted by Gasteiger charge is -2.27. The topological polar surface area (TPSA) is 43.7 Å². The SMILES string of the molecule is OB(O)c1ccc(-c2ccc(N(Cc3ccccc3-c3ccccc3)c3ccc4cc(-c5ccccc5)ccc4c3)cc2)cc1. The maximum atomic E-state index is 9.49. The number of benzene rings is 7. The van der Waals surface area contributed by atoms with Crippen LogP contribution in [-0.4, -0.2) is 17.2 Å². The molecule has 0 aliphatic carbocycles. The normalized spacial score (nSPS) is 11.0. The van der Waals surface area contributed by atoms with E-state index in [4.69, 9.17) is 0 Å². The third kappa shape index (κ3) is 6.16. The molecule has 0 fully saturated rings. The van der Waals surface area contributed by atoms with Gasteiger partial charge in [-0.2, -0.15) is 0 Å². The van der Waals surface area contributed by atoms with Crippen molar-refractivity contribution in [3.8, 4) is 33.4 Å². The molecule has 0 unspecified atom stereocenters. The minimum atomic E-state index is -1.47. The standard InChI is InChI=1S/C41H32BNO2/c44-42(45)38-22-17-31(18-23-38)32-19-24-39(25-20-32)43(29-37-13-7-8-14-41(37)33-11-5-2-6-12-33)40-26-21-35-27-34(15-16-36(35)28-40)30-9-3-1-4-10-30/h1-28,44-45H,29H2. The minimum absolute atomic E-state index is 0.478. The maximum Gasteiger partial charge on any atom is 0.488 e. The van der Waals surface area contributed by atoms with Crippen LogP contribution >= 0.6 is 0 Å². The lowest BCUT2D eigenvalue weighted by Crippen LogP contribution is -2.29. The van der Waals surface area contributed by atoms with Crippen LogP contribution in [0.25, 0.3) is 44.2 Å². The van der Waals surface area contributed by atoms with E-state index in [0.29, 0.717) is 12.0 Å². The molecule has 7 aromatic rings. The molecule has 2 N–H and O–H groups in total. The molecular weight excluding hydrogens is 549 g/mol. The van der Waals surface area contributed by atoms with Crippen LogP contribution in [0, 0.1) is 0 Å². The van der Waals surface area contributed by atoms with Gasteiger partial charge in [-0.1, -0.05) is 140 Å². The van der Waals surface area contributed by atoms with E-state index in [0.717, 1.165) is 22.5 Å². The molecule has 3 nitrogen and oxygen atoms in total. The Kier molecular flexibility index (Phi) is 7.99. The Bertz CT molecular complexity index is 2040. The van der Waals surface area contributed by atoms with Gasteiger partial charge in [0.1, 0.15) is 0 Å². The lowest BCUT2D eigenvalue weighted by molar-refractivity contribution is 0.426. The molecule has 0 spiro atoms. The quantitative estimate of drug-likeness (QED) is 0.176.